The molecule has 0 aromatic heterocycles. The van der Waals surface area contributed by atoms with Gasteiger partial charge in [0.1, 0.15) is 0 Å². The van der Waals surface area contributed by atoms with Gasteiger partial charge in [0.25, 0.3) is 0 Å². The SMILES string of the molecule is COc1cccc(CNCc2cccc3c2OCO3)c1F. The summed E-state index contributed by atoms with van der Waals surface area (Å²) in [5.74, 6) is 1.44. The van der Waals surface area contributed by atoms with Crippen LogP contribution < -0.4 is 19.5 Å². The molecule has 0 fully saturated rings. The molecule has 1 heterocycles. The summed E-state index contributed by atoms with van der Waals surface area (Å²) in [6.45, 7) is 1.23. The van der Waals surface area contributed by atoms with E-state index in [0.717, 1.165) is 17.1 Å². The van der Waals surface area contributed by atoms with Crippen molar-refractivity contribution in [2.75, 3.05) is 13.9 Å². The number of benzene rings is 2. The molecule has 0 amide bonds. The Kier molecular flexibility index (Phi) is 3.92. The number of halogens is 1. The van der Waals surface area contributed by atoms with E-state index in [2.05, 4.69) is 5.32 Å². The van der Waals surface area contributed by atoms with Gasteiger partial charge in [0.15, 0.2) is 23.1 Å². The second-order valence-corrected chi connectivity index (χ2v) is 4.69. The molecule has 5 heteroatoms. The van der Waals surface area contributed by atoms with Crippen LogP contribution in [0, 0.1) is 5.82 Å². The van der Waals surface area contributed by atoms with Crippen molar-refractivity contribution >= 4 is 0 Å². The molecule has 0 saturated heterocycles. The lowest BCUT2D eigenvalue weighted by atomic mass is 10.1. The fraction of sp³-hybridized carbons (Fsp3) is 0.250. The van der Waals surface area contributed by atoms with E-state index in [9.17, 15) is 4.39 Å². The number of fused-ring (bicyclic) bond motifs is 1. The van der Waals surface area contributed by atoms with Crippen LogP contribution in [-0.4, -0.2) is 13.9 Å². The predicted octanol–water partition coefficient (Wildman–Crippen LogP) is 2.85. The fourth-order valence-electron chi connectivity index (χ4n) is 2.31. The molecule has 0 bridgehead atoms. The number of ether oxygens (including phenoxy) is 3. The average molecular weight is 289 g/mol. The number of methoxy groups -OCH3 is 1. The molecular formula is C16H16FNO3. The number of hydrogen-bond acceptors (Lipinski definition) is 4. The molecule has 4 nitrogen and oxygen atoms in total. The second-order valence-electron chi connectivity index (χ2n) is 4.69. The van der Waals surface area contributed by atoms with Crippen LogP contribution in [0.15, 0.2) is 36.4 Å². The fourth-order valence-corrected chi connectivity index (χ4v) is 2.31. The number of rotatable bonds is 5. The zero-order chi connectivity index (χ0) is 14.7. The molecule has 1 aliphatic rings. The molecule has 0 saturated carbocycles. The first-order valence-electron chi connectivity index (χ1n) is 6.69. The van der Waals surface area contributed by atoms with Crippen LogP contribution in [0.4, 0.5) is 4.39 Å². The Morgan fingerprint density at radius 1 is 1.10 bits per heavy atom. The highest BCUT2D eigenvalue weighted by Crippen LogP contribution is 2.35. The van der Waals surface area contributed by atoms with Crippen molar-refractivity contribution in [3.05, 3.63) is 53.3 Å². The Morgan fingerprint density at radius 3 is 2.71 bits per heavy atom. The van der Waals surface area contributed by atoms with Gasteiger partial charge in [-0.15, -0.1) is 0 Å². The van der Waals surface area contributed by atoms with Crippen molar-refractivity contribution < 1.29 is 18.6 Å². The number of nitrogens with one attached hydrogen (secondary N) is 1. The van der Waals surface area contributed by atoms with Gasteiger partial charge in [-0.05, 0) is 12.1 Å². The van der Waals surface area contributed by atoms with E-state index in [4.69, 9.17) is 14.2 Å². The van der Waals surface area contributed by atoms with E-state index in [-0.39, 0.29) is 18.4 Å². The second kappa shape index (κ2) is 6.01. The summed E-state index contributed by atoms with van der Waals surface area (Å²) in [6.07, 6.45) is 0. The Bertz CT molecular complexity index is 645. The van der Waals surface area contributed by atoms with Crippen LogP contribution >= 0.6 is 0 Å². The molecule has 2 aromatic rings. The zero-order valence-electron chi connectivity index (χ0n) is 11.7. The summed E-state index contributed by atoms with van der Waals surface area (Å²) in [5.41, 5.74) is 1.56. The molecule has 3 rings (SSSR count). The van der Waals surface area contributed by atoms with E-state index in [1.807, 2.05) is 18.2 Å². The standard InChI is InChI=1S/C16H16FNO3/c1-19-13-6-2-4-11(15(13)17)8-18-9-12-5-3-7-14-16(12)21-10-20-14/h2-7,18H,8-10H2,1H3. The minimum absolute atomic E-state index is 0.247. The highest BCUT2D eigenvalue weighted by Gasteiger charge is 2.16. The molecule has 0 aliphatic carbocycles. The molecule has 1 aliphatic heterocycles. The van der Waals surface area contributed by atoms with Crippen LogP contribution in [0.5, 0.6) is 17.2 Å². The Labute approximate surface area is 122 Å². The maximum Gasteiger partial charge on any atom is 0.231 e. The molecule has 0 atom stereocenters. The molecule has 0 spiro atoms. The van der Waals surface area contributed by atoms with Crippen molar-refractivity contribution in [2.45, 2.75) is 13.1 Å². The largest absolute Gasteiger partial charge is 0.494 e. The van der Waals surface area contributed by atoms with Gasteiger partial charge in [0.05, 0.1) is 7.11 Å². The Balaban J connectivity index is 1.66. The summed E-state index contributed by atoms with van der Waals surface area (Å²) >= 11 is 0. The lowest BCUT2D eigenvalue weighted by molar-refractivity contribution is 0.173. The monoisotopic (exact) mass is 289 g/mol. The minimum Gasteiger partial charge on any atom is -0.494 e. The van der Waals surface area contributed by atoms with E-state index in [1.165, 1.54) is 7.11 Å². The molecular weight excluding hydrogens is 273 g/mol. The summed E-state index contributed by atoms with van der Waals surface area (Å²) < 4.78 is 29.7. The van der Waals surface area contributed by atoms with Crippen LogP contribution in [0.1, 0.15) is 11.1 Å². The normalized spacial score (nSPS) is 12.5. The third-order valence-corrected chi connectivity index (χ3v) is 3.37. The number of para-hydroxylation sites is 1. The van der Waals surface area contributed by atoms with Crippen molar-refractivity contribution in [1.82, 2.24) is 5.32 Å². The molecule has 21 heavy (non-hydrogen) atoms. The third kappa shape index (κ3) is 2.78. The van der Waals surface area contributed by atoms with Gasteiger partial charge in [-0.25, -0.2) is 4.39 Å². The summed E-state index contributed by atoms with van der Waals surface area (Å²) in [7, 11) is 1.46. The lowest BCUT2D eigenvalue weighted by Crippen LogP contribution is -2.14. The zero-order valence-corrected chi connectivity index (χ0v) is 11.7. The van der Waals surface area contributed by atoms with Gasteiger partial charge in [0, 0.05) is 24.2 Å². The Morgan fingerprint density at radius 2 is 1.86 bits per heavy atom. The average Bonchev–Trinajstić information content (AvgIpc) is 2.98. The lowest BCUT2D eigenvalue weighted by Gasteiger charge is -2.10. The molecule has 2 aromatic carbocycles. The van der Waals surface area contributed by atoms with Crippen molar-refractivity contribution in [3.63, 3.8) is 0 Å². The predicted molar refractivity (Wildman–Crippen MR) is 76.1 cm³/mol. The minimum atomic E-state index is -0.328. The summed E-state index contributed by atoms with van der Waals surface area (Å²) in [6, 6.07) is 10.9. The first kappa shape index (κ1) is 13.7. The first-order valence-corrected chi connectivity index (χ1v) is 6.69. The van der Waals surface area contributed by atoms with Gasteiger partial charge in [-0.2, -0.15) is 0 Å². The summed E-state index contributed by atoms with van der Waals surface area (Å²) in [4.78, 5) is 0. The molecule has 110 valence electrons. The first-order chi connectivity index (χ1) is 10.3. The topological polar surface area (TPSA) is 39.7 Å². The molecule has 0 unspecified atom stereocenters. The highest BCUT2D eigenvalue weighted by atomic mass is 19.1. The quantitative estimate of drug-likeness (QED) is 0.919. The highest BCUT2D eigenvalue weighted by molar-refractivity contribution is 5.48. The van der Waals surface area contributed by atoms with Crippen molar-refractivity contribution in [1.29, 1.82) is 0 Å². The van der Waals surface area contributed by atoms with E-state index < -0.39 is 0 Å². The van der Waals surface area contributed by atoms with Crippen LogP contribution in [0.3, 0.4) is 0 Å². The van der Waals surface area contributed by atoms with E-state index >= 15 is 0 Å². The van der Waals surface area contributed by atoms with Crippen LogP contribution in [0.25, 0.3) is 0 Å². The smallest absolute Gasteiger partial charge is 0.231 e. The van der Waals surface area contributed by atoms with E-state index in [1.54, 1.807) is 18.2 Å². The van der Waals surface area contributed by atoms with Crippen LogP contribution in [0.2, 0.25) is 0 Å². The molecule has 0 radical (unpaired) electrons. The summed E-state index contributed by atoms with van der Waals surface area (Å²) in [5, 5.41) is 3.21. The third-order valence-electron chi connectivity index (χ3n) is 3.37. The van der Waals surface area contributed by atoms with Crippen molar-refractivity contribution in [2.24, 2.45) is 0 Å². The van der Waals surface area contributed by atoms with Crippen LogP contribution in [-0.2, 0) is 13.1 Å². The maximum atomic E-state index is 14.0. The van der Waals surface area contributed by atoms with Crippen molar-refractivity contribution in [3.8, 4) is 17.2 Å². The van der Waals surface area contributed by atoms with Gasteiger partial charge in [-0.3, -0.25) is 0 Å². The maximum absolute atomic E-state index is 14.0. The van der Waals surface area contributed by atoms with Gasteiger partial charge in [0.2, 0.25) is 6.79 Å². The molecule has 1 N–H and O–H groups in total. The van der Waals surface area contributed by atoms with Gasteiger partial charge >= 0.3 is 0 Å². The van der Waals surface area contributed by atoms with Gasteiger partial charge < -0.3 is 19.5 Å². The van der Waals surface area contributed by atoms with Gasteiger partial charge in [-0.1, -0.05) is 24.3 Å². The Hall–Kier alpha value is -2.27. The number of hydrogen-bond donors (Lipinski definition) is 1. The van der Waals surface area contributed by atoms with E-state index in [0.29, 0.717) is 18.7 Å².